The standard InChI is InChI=1S/C13H8F6N2O2S/c14-12(15,16)8-1-4-10(5-2-8)24(22,23)21-11-6-3-9(7-20-11)13(17,18)19/h1-7H,(H,20,21). The zero-order valence-corrected chi connectivity index (χ0v) is 12.3. The van der Waals surface area contributed by atoms with Crippen molar-refractivity contribution in [1.29, 1.82) is 0 Å². The monoisotopic (exact) mass is 370 g/mol. The van der Waals surface area contributed by atoms with Gasteiger partial charge >= 0.3 is 12.4 Å². The molecule has 0 aliphatic carbocycles. The number of rotatable bonds is 3. The van der Waals surface area contributed by atoms with E-state index in [1.54, 1.807) is 0 Å². The van der Waals surface area contributed by atoms with Crippen molar-refractivity contribution in [1.82, 2.24) is 4.98 Å². The lowest BCUT2D eigenvalue weighted by atomic mass is 10.2. The maximum atomic E-state index is 12.4. The Morgan fingerprint density at radius 2 is 1.29 bits per heavy atom. The highest BCUT2D eigenvalue weighted by atomic mass is 32.2. The highest BCUT2D eigenvalue weighted by molar-refractivity contribution is 7.92. The Hall–Kier alpha value is -2.30. The Morgan fingerprint density at radius 3 is 1.71 bits per heavy atom. The van der Waals surface area contributed by atoms with Crippen molar-refractivity contribution in [2.45, 2.75) is 17.2 Å². The van der Waals surface area contributed by atoms with Gasteiger partial charge in [0.05, 0.1) is 16.0 Å². The fourth-order valence-corrected chi connectivity index (χ4v) is 2.65. The fourth-order valence-electron chi connectivity index (χ4n) is 1.64. The largest absolute Gasteiger partial charge is 0.417 e. The van der Waals surface area contributed by atoms with Crippen molar-refractivity contribution in [2.24, 2.45) is 0 Å². The number of benzene rings is 1. The maximum Gasteiger partial charge on any atom is 0.417 e. The Morgan fingerprint density at radius 1 is 0.792 bits per heavy atom. The molecular weight excluding hydrogens is 362 g/mol. The summed E-state index contributed by atoms with van der Waals surface area (Å²) in [5, 5.41) is 0. The van der Waals surface area contributed by atoms with Crippen LogP contribution in [-0.4, -0.2) is 13.4 Å². The molecule has 24 heavy (non-hydrogen) atoms. The second kappa shape index (κ2) is 5.96. The van der Waals surface area contributed by atoms with Crippen LogP contribution in [0.25, 0.3) is 0 Å². The van der Waals surface area contributed by atoms with Gasteiger partial charge in [0, 0.05) is 6.20 Å². The highest BCUT2D eigenvalue weighted by Gasteiger charge is 2.32. The first kappa shape index (κ1) is 18.0. The van der Waals surface area contributed by atoms with Crippen molar-refractivity contribution in [2.75, 3.05) is 4.72 Å². The van der Waals surface area contributed by atoms with Crippen molar-refractivity contribution in [3.05, 3.63) is 53.7 Å². The first-order chi connectivity index (χ1) is 10.9. The van der Waals surface area contributed by atoms with Crippen LogP contribution < -0.4 is 4.72 Å². The van der Waals surface area contributed by atoms with E-state index in [1.807, 2.05) is 4.72 Å². The zero-order chi connectivity index (χ0) is 18.2. The van der Waals surface area contributed by atoms with E-state index in [4.69, 9.17) is 0 Å². The summed E-state index contributed by atoms with van der Waals surface area (Å²) in [6.45, 7) is 0. The minimum atomic E-state index is -4.63. The SMILES string of the molecule is O=S(=O)(Nc1ccc(C(F)(F)F)cn1)c1ccc(C(F)(F)F)cc1. The number of alkyl halides is 6. The molecule has 0 bridgehead atoms. The van der Waals surface area contributed by atoms with Gasteiger partial charge < -0.3 is 0 Å². The van der Waals surface area contributed by atoms with E-state index in [1.165, 1.54) is 0 Å². The van der Waals surface area contributed by atoms with Gasteiger partial charge in [0.2, 0.25) is 0 Å². The fraction of sp³-hybridized carbons (Fsp3) is 0.154. The van der Waals surface area contributed by atoms with Crippen LogP contribution in [0.15, 0.2) is 47.5 Å². The van der Waals surface area contributed by atoms with Gasteiger partial charge in [-0.05, 0) is 36.4 Å². The molecular formula is C13H8F6N2O2S. The summed E-state index contributed by atoms with van der Waals surface area (Å²) in [6.07, 6.45) is -8.81. The van der Waals surface area contributed by atoms with Crippen LogP contribution in [0.5, 0.6) is 0 Å². The summed E-state index contributed by atoms with van der Waals surface area (Å²) in [7, 11) is -4.29. The molecule has 1 heterocycles. The molecule has 130 valence electrons. The molecule has 1 aromatic carbocycles. The van der Waals surface area contributed by atoms with Gasteiger partial charge in [0.15, 0.2) is 0 Å². The first-order valence-electron chi connectivity index (χ1n) is 6.13. The lowest BCUT2D eigenvalue weighted by Crippen LogP contribution is -2.15. The number of pyridine rings is 1. The summed E-state index contributed by atoms with van der Waals surface area (Å²) in [5.41, 5.74) is -2.10. The normalized spacial score (nSPS) is 12.9. The minimum Gasteiger partial charge on any atom is -0.263 e. The van der Waals surface area contributed by atoms with Crippen molar-refractivity contribution in [3.8, 4) is 0 Å². The van der Waals surface area contributed by atoms with Crippen LogP contribution in [-0.2, 0) is 22.4 Å². The summed E-state index contributed by atoms with van der Waals surface area (Å²) < 4.78 is 100. The quantitative estimate of drug-likeness (QED) is 0.834. The molecule has 0 amide bonds. The molecule has 0 aliphatic rings. The number of nitrogens with zero attached hydrogens (tertiary/aromatic N) is 1. The number of hydrogen-bond acceptors (Lipinski definition) is 3. The first-order valence-corrected chi connectivity index (χ1v) is 7.61. The molecule has 4 nitrogen and oxygen atoms in total. The van der Waals surface area contributed by atoms with Gasteiger partial charge in [-0.15, -0.1) is 0 Å². The zero-order valence-electron chi connectivity index (χ0n) is 11.5. The molecule has 2 rings (SSSR count). The number of sulfonamides is 1. The van der Waals surface area contributed by atoms with E-state index in [2.05, 4.69) is 4.98 Å². The number of halogens is 6. The van der Waals surface area contributed by atoms with Gasteiger partial charge in [0.1, 0.15) is 5.82 Å². The molecule has 1 N–H and O–H groups in total. The van der Waals surface area contributed by atoms with Crippen molar-refractivity contribution in [3.63, 3.8) is 0 Å². The predicted molar refractivity (Wildman–Crippen MR) is 71.5 cm³/mol. The van der Waals surface area contributed by atoms with Gasteiger partial charge in [0.25, 0.3) is 10.0 Å². The maximum absolute atomic E-state index is 12.4. The molecule has 0 fully saturated rings. The van der Waals surface area contributed by atoms with E-state index in [-0.39, 0.29) is 0 Å². The number of aromatic nitrogens is 1. The number of nitrogens with one attached hydrogen (secondary N) is 1. The van der Waals surface area contributed by atoms with Crippen LogP contribution in [0.1, 0.15) is 11.1 Å². The third kappa shape index (κ3) is 4.16. The third-order valence-electron chi connectivity index (χ3n) is 2.82. The Balaban J connectivity index is 2.22. The third-order valence-corrected chi connectivity index (χ3v) is 4.19. The van der Waals surface area contributed by atoms with E-state index in [0.717, 1.165) is 18.2 Å². The van der Waals surface area contributed by atoms with Gasteiger partial charge in [-0.1, -0.05) is 0 Å². The van der Waals surface area contributed by atoms with Crippen LogP contribution in [0, 0.1) is 0 Å². The van der Waals surface area contributed by atoms with Crippen molar-refractivity contribution >= 4 is 15.8 Å². The Labute approximate surface area is 132 Å². The highest BCUT2D eigenvalue weighted by Crippen LogP contribution is 2.31. The van der Waals surface area contributed by atoms with Crippen LogP contribution in [0.2, 0.25) is 0 Å². The van der Waals surface area contributed by atoms with E-state index in [0.29, 0.717) is 24.4 Å². The molecule has 0 unspecified atom stereocenters. The van der Waals surface area contributed by atoms with E-state index < -0.39 is 44.2 Å². The van der Waals surface area contributed by atoms with Gasteiger partial charge in [-0.2, -0.15) is 26.3 Å². The average molecular weight is 370 g/mol. The molecule has 11 heteroatoms. The molecule has 0 aliphatic heterocycles. The summed E-state index contributed by atoms with van der Waals surface area (Å²) in [5.74, 6) is -0.400. The molecule has 1 aromatic heterocycles. The summed E-state index contributed by atoms with van der Waals surface area (Å²) >= 11 is 0. The van der Waals surface area contributed by atoms with Crippen LogP contribution in [0.4, 0.5) is 32.2 Å². The lowest BCUT2D eigenvalue weighted by Gasteiger charge is -2.10. The van der Waals surface area contributed by atoms with E-state index in [9.17, 15) is 34.8 Å². The molecule has 0 radical (unpaired) electrons. The minimum absolute atomic E-state index is 0.400. The lowest BCUT2D eigenvalue weighted by molar-refractivity contribution is -0.138. The number of anilines is 1. The summed E-state index contributed by atoms with van der Waals surface area (Å²) in [6, 6.07) is 4.04. The molecule has 0 atom stereocenters. The molecule has 0 saturated carbocycles. The van der Waals surface area contributed by atoms with E-state index >= 15 is 0 Å². The second-order valence-corrected chi connectivity index (χ2v) is 6.24. The summed E-state index contributed by atoms with van der Waals surface area (Å²) in [4.78, 5) is 2.83. The second-order valence-electron chi connectivity index (χ2n) is 4.56. The molecule has 0 saturated heterocycles. The van der Waals surface area contributed by atoms with Crippen LogP contribution >= 0.6 is 0 Å². The average Bonchev–Trinajstić information content (AvgIpc) is 2.46. The topological polar surface area (TPSA) is 59.1 Å². The molecule has 0 spiro atoms. The Bertz CT molecular complexity index is 812. The predicted octanol–water partition coefficient (Wildman–Crippen LogP) is 3.92. The molecule has 2 aromatic rings. The number of hydrogen-bond donors (Lipinski definition) is 1. The van der Waals surface area contributed by atoms with Crippen LogP contribution in [0.3, 0.4) is 0 Å². The smallest absolute Gasteiger partial charge is 0.263 e. The van der Waals surface area contributed by atoms with Gasteiger partial charge in [-0.3, -0.25) is 4.72 Å². The Kier molecular flexibility index (Phi) is 4.48. The van der Waals surface area contributed by atoms with Gasteiger partial charge in [-0.25, -0.2) is 13.4 Å². The van der Waals surface area contributed by atoms with Crippen molar-refractivity contribution < 1.29 is 34.8 Å².